The maximum Gasteiger partial charge on any atom is 0.256 e. The van der Waals surface area contributed by atoms with Gasteiger partial charge in [-0.2, -0.15) is 0 Å². The summed E-state index contributed by atoms with van der Waals surface area (Å²) in [5, 5.41) is 3.30. The molecule has 2 rings (SSSR count). The molecule has 1 heterocycles. The highest BCUT2D eigenvalue weighted by Gasteiger charge is 2.16. The van der Waals surface area contributed by atoms with Crippen LogP contribution in [0.5, 0.6) is 0 Å². The van der Waals surface area contributed by atoms with Crippen LogP contribution in [-0.4, -0.2) is 24.4 Å². The zero-order chi connectivity index (χ0) is 15.2. The molecule has 112 valence electrons. The van der Waals surface area contributed by atoms with Crippen molar-refractivity contribution in [1.29, 1.82) is 0 Å². The number of amides is 1. The van der Waals surface area contributed by atoms with Gasteiger partial charge in [-0.05, 0) is 37.6 Å². The van der Waals surface area contributed by atoms with E-state index in [1.807, 2.05) is 43.3 Å². The number of hydrogen-bond donors (Lipinski definition) is 1. The summed E-state index contributed by atoms with van der Waals surface area (Å²) < 4.78 is 5.53. The van der Waals surface area contributed by atoms with Crippen LogP contribution in [0, 0.1) is 6.92 Å². The second-order valence-electron chi connectivity index (χ2n) is 5.15. The van der Waals surface area contributed by atoms with Crippen molar-refractivity contribution in [3.8, 4) is 0 Å². The number of anilines is 1. The summed E-state index contributed by atoms with van der Waals surface area (Å²) in [4.78, 5) is 14.3. The summed E-state index contributed by atoms with van der Waals surface area (Å²) in [6, 6.07) is 11.4. The molecule has 4 heteroatoms. The van der Waals surface area contributed by atoms with Crippen molar-refractivity contribution in [3.63, 3.8) is 0 Å². The zero-order valence-electron chi connectivity index (χ0n) is 12.8. The van der Waals surface area contributed by atoms with Crippen LogP contribution in [0.4, 0.5) is 5.69 Å². The quantitative estimate of drug-likeness (QED) is 0.881. The van der Waals surface area contributed by atoms with Gasteiger partial charge in [-0.1, -0.05) is 19.1 Å². The minimum absolute atomic E-state index is 0.0109. The molecule has 1 aromatic carbocycles. The zero-order valence-corrected chi connectivity index (χ0v) is 12.8. The molecule has 1 amide bonds. The number of carbonyl (C=O) groups excluding carboxylic acids is 1. The molecule has 0 atom stereocenters. The molecule has 0 fully saturated rings. The molecule has 0 aliphatic heterocycles. The van der Waals surface area contributed by atoms with Gasteiger partial charge in [0.15, 0.2) is 0 Å². The van der Waals surface area contributed by atoms with E-state index in [0.717, 1.165) is 30.2 Å². The molecule has 1 aromatic heterocycles. The topological polar surface area (TPSA) is 45.5 Å². The minimum atomic E-state index is -0.0109. The fourth-order valence-corrected chi connectivity index (χ4v) is 2.16. The molecule has 2 aromatic rings. The monoisotopic (exact) mass is 286 g/mol. The van der Waals surface area contributed by atoms with Crippen LogP contribution in [0.25, 0.3) is 0 Å². The summed E-state index contributed by atoms with van der Waals surface area (Å²) in [6.45, 7) is 5.32. The first kappa shape index (κ1) is 15.2. The van der Waals surface area contributed by atoms with E-state index >= 15 is 0 Å². The summed E-state index contributed by atoms with van der Waals surface area (Å²) in [7, 11) is 1.79. The molecule has 0 spiro atoms. The van der Waals surface area contributed by atoms with Gasteiger partial charge >= 0.3 is 0 Å². The standard InChI is InChI=1S/C17H22N2O2/c1-4-11-18-16-8-6-5-7-15(16)17(20)19(3)12-14-10-9-13(2)21-14/h5-10,18H,4,11-12H2,1-3H3. The lowest BCUT2D eigenvalue weighted by Crippen LogP contribution is -2.27. The molecule has 4 nitrogen and oxygen atoms in total. The van der Waals surface area contributed by atoms with E-state index in [2.05, 4.69) is 12.2 Å². The largest absolute Gasteiger partial charge is 0.464 e. The number of nitrogens with zero attached hydrogens (tertiary/aromatic N) is 1. The van der Waals surface area contributed by atoms with E-state index in [-0.39, 0.29) is 5.91 Å². The van der Waals surface area contributed by atoms with Gasteiger partial charge in [-0.3, -0.25) is 4.79 Å². The summed E-state index contributed by atoms with van der Waals surface area (Å²) in [5.74, 6) is 1.64. The van der Waals surface area contributed by atoms with Gasteiger partial charge in [-0.25, -0.2) is 0 Å². The third kappa shape index (κ3) is 3.88. The molecule has 0 bridgehead atoms. The molecule has 21 heavy (non-hydrogen) atoms. The molecule has 0 unspecified atom stereocenters. The predicted molar refractivity (Wildman–Crippen MR) is 84.5 cm³/mol. The Bertz CT molecular complexity index is 604. The van der Waals surface area contributed by atoms with E-state index in [0.29, 0.717) is 12.1 Å². The van der Waals surface area contributed by atoms with E-state index in [1.54, 1.807) is 11.9 Å². The maximum atomic E-state index is 12.6. The minimum Gasteiger partial charge on any atom is -0.464 e. The van der Waals surface area contributed by atoms with Crippen LogP contribution in [0.15, 0.2) is 40.8 Å². The highest BCUT2D eigenvalue weighted by Crippen LogP contribution is 2.18. The lowest BCUT2D eigenvalue weighted by Gasteiger charge is -2.18. The van der Waals surface area contributed by atoms with Gasteiger partial charge in [0.05, 0.1) is 12.1 Å². The van der Waals surface area contributed by atoms with Crippen LogP contribution >= 0.6 is 0 Å². The Balaban J connectivity index is 2.11. The second kappa shape index (κ2) is 6.97. The normalized spacial score (nSPS) is 10.4. The Hall–Kier alpha value is -2.23. The summed E-state index contributed by atoms with van der Waals surface area (Å²) >= 11 is 0. The molecule has 0 aliphatic rings. The average Bonchev–Trinajstić information content (AvgIpc) is 2.89. The van der Waals surface area contributed by atoms with Gasteiger partial charge < -0.3 is 14.6 Å². The number of benzene rings is 1. The molecule has 1 N–H and O–H groups in total. The molecule has 0 aliphatic carbocycles. The number of carbonyl (C=O) groups is 1. The Kier molecular flexibility index (Phi) is 5.04. The van der Waals surface area contributed by atoms with Crippen molar-refractivity contribution < 1.29 is 9.21 Å². The Morgan fingerprint density at radius 1 is 1.24 bits per heavy atom. The smallest absolute Gasteiger partial charge is 0.256 e. The van der Waals surface area contributed by atoms with Crippen molar-refractivity contribution in [3.05, 3.63) is 53.5 Å². The summed E-state index contributed by atoms with van der Waals surface area (Å²) in [6.07, 6.45) is 1.02. The van der Waals surface area contributed by atoms with Gasteiger partial charge in [0.25, 0.3) is 5.91 Å². The highest BCUT2D eigenvalue weighted by atomic mass is 16.3. The van der Waals surface area contributed by atoms with Crippen molar-refractivity contribution in [2.24, 2.45) is 0 Å². The number of aryl methyl sites for hydroxylation is 1. The molecule has 0 saturated heterocycles. The molecular weight excluding hydrogens is 264 g/mol. The van der Waals surface area contributed by atoms with Crippen molar-refractivity contribution in [1.82, 2.24) is 4.90 Å². The van der Waals surface area contributed by atoms with E-state index < -0.39 is 0 Å². The Labute approximate surface area is 125 Å². The molecular formula is C17H22N2O2. The van der Waals surface area contributed by atoms with Crippen molar-refractivity contribution >= 4 is 11.6 Å². The summed E-state index contributed by atoms with van der Waals surface area (Å²) in [5.41, 5.74) is 1.57. The van der Waals surface area contributed by atoms with Crippen LogP contribution in [0.1, 0.15) is 35.2 Å². The second-order valence-corrected chi connectivity index (χ2v) is 5.15. The van der Waals surface area contributed by atoms with Crippen LogP contribution in [-0.2, 0) is 6.54 Å². The number of nitrogens with one attached hydrogen (secondary N) is 1. The van der Waals surface area contributed by atoms with Gasteiger partial charge in [0.2, 0.25) is 0 Å². The highest BCUT2D eigenvalue weighted by molar-refractivity contribution is 5.99. The fourth-order valence-electron chi connectivity index (χ4n) is 2.16. The van der Waals surface area contributed by atoms with E-state index in [1.165, 1.54) is 0 Å². The average molecular weight is 286 g/mol. The lowest BCUT2D eigenvalue weighted by molar-refractivity contribution is 0.0776. The van der Waals surface area contributed by atoms with Gasteiger partial charge in [-0.15, -0.1) is 0 Å². The van der Waals surface area contributed by atoms with E-state index in [4.69, 9.17) is 4.42 Å². The first-order chi connectivity index (χ1) is 10.1. The number of furan rings is 1. The third-order valence-electron chi connectivity index (χ3n) is 3.26. The first-order valence-electron chi connectivity index (χ1n) is 7.25. The lowest BCUT2D eigenvalue weighted by atomic mass is 10.1. The van der Waals surface area contributed by atoms with Crippen LogP contribution < -0.4 is 5.32 Å². The van der Waals surface area contributed by atoms with Crippen LogP contribution in [0.2, 0.25) is 0 Å². The number of para-hydroxylation sites is 1. The predicted octanol–water partition coefficient (Wildman–Crippen LogP) is 3.68. The number of hydrogen-bond acceptors (Lipinski definition) is 3. The fraction of sp³-hybridized carbons (Fsp3) is 0.353. The van der Waals surface area contributed by atoms with Crippen molar-refractivity contribution in [2.45, 2.75) is 26.8 Å². The van der Waals surface area contributed by atoms with Crippen molar-refractivity contribution in [2.75, 3.05) is 18.9 Å². The number of rotatable bonds is 6. The Morgan fingerprint density at radius 3 is 2.67 bits per heavy atom. The molecule has 0 radical (unpaired) electrons. The van der Waals surface area contributed by atoms with Gasteiger partial charge in [0, 0.05) is 19.3 Å². The Morgan fingerprint density at radius 2 is 2.00 bits per heavy atom. The van der Waals surface area contributed by atoms with Gasteiger partial charge in [0.1, 0.15) is 11.5 Å². The maximum absolute atomic E-state index is 12.6. The third-order valence-corrected chi connectivity index (χ3v) is 3.26. The van der Waals surface area contributed by atoms with Crippen LogP contribution in [0.3, 0.4) is 0 Å². The SMILES string of the molecule is CCCNc1ccccc1C(=O)N(C)Cc1ccc(C)o1. The first-order valence-corrected chi connectivity index (χ1v) is 7.25. The van der Waals surface area contributed by atoms with E-state index in [9.17, 15) is 4.79 Å². The molecule has 0 saturated carbocycles.